The minimum atomic E-state index is -0.0765. The average Bonchev–Trinajstić information content (AvgIpc) is 3.69. The first-order chi connectivity index (χ1) is 17.2. The molecule has 2 heterocycles. The summed E-state index contributed by atoms with van der Waals surface area (Å²) >= 11 is 0. The standard InChI is InChI=1S/C30H35N3O2/c1-3-22-8-6-9-23(18-22)26-14-15-31-19-28(26)30(34)33(25-12-13-25)21-24-20-32(16-7-17-35-2)29-11-5-4-10-27(24)29/h1,4-6,8-11,18,20,25-26,28,31H,7,12-17,19,21H2,2H3/t26-,28?/m1/s1. The van der Waals surface area contributed by atoms with Crippen molar-refractivity contribution in [3.63, 3.8) is 0 Å². The van der Waals surface area contributed by atoms with Crippen LogP contribution in [0.2, 0.25) is 0 Å². The van der Waals surface area contributed by atoms with Crippen molar-refractivity contribution in [1.29, 1.82) is 0 Å². The summed E-state index contributed by atoms with van der Waals surface area (Å²) in [4.78, 5) is 16.3. The van der Waals surface area contributed by atoms with Gasteiger partial charge in [0.15, 0.2) is 0 Å². The number of carbonyl (C=O) groups is 1. The first-order valence-corrected chi connectivity index (χ1v) is 12.8. The van der Waals surface area contributed by atoms with Crippen molar-refractivity contribution in [1.82, 2.24) is 14.8 Å². The van der Waals surface area contributed by atoms with E-state index < -0.39 is 0 Å². The van der Waals surface area contributed by atoms with Gasteiger partial charge in [0.25, 0.3) is 0 Å². The molecule has 1 aliphatic carbocycles. The second kappa shape index (κ2) is 10.7. The normalized spacial score (nSPS) is 20.0. The Bertz CT molecular complexity index is 1220. The number of aromatic nitrogens is 1. The molecule has 1 saturated heterocycles. The Morgan fingerprint density at radius 1 is 1.20 bits per heavy atom. The van der Waals surface area contributed by atoms with Gasteiger partial charge < -0.3 is 19.5 Å². The maximum absolute atomic E-state index is 14.1. The Morgan fingerprint density at radius 2 is 2.06 bits per heavy atom. The quantitative estimate of drug-likeness (QED) is 0.370. The van der Waals surface area contributed by atoms with E-state index in [0.717, 1.165) is 50.9 Å². The summed E-state index contributed by atoms with van der Waals surface area (Å²) in [7, 11) is 1.74. The van der Waals surface area contributed by atoms with Crippen molar-refractivity contribution in [3.8, 4) is 12.3 Å². The van der Waals surface area contributed by atoms with Crippen LogP contribution in [0, 0.1) is 18.3 Å². The Balaban J connectivity index is 1.41. The third-order valence-corrected chi connectivity index (χ3v) is 7.51. The number of piperidine rings is 1. The molecule has 1 aromatic heterocycles. The molecule has 5 rings (SSSR count). The third kappa shape index (κ3) is 5.15. The van der Waals surface area contributed by atoms with Gasteiger partial charge in [0.1, 0.15) is 0 Å². The maximum Gasteiger partial charge on any atom is 0.228 e. The zero-order valence-electron chi connectivity index (χ0n) is 20.6. The third-order valence-electron chi connectivity index (χ3n) is 7.51. The molecule has 2 aliphatic rings. The van der Waals surface area contributed by atoms with Crippen molar-refractivity contribution in [2.75, 3.05) is 26.8 Å². The van der Waals surface area contributed by atoms with Crippen LogP contribution >= 0.6 is 0 Å². The van der Waals surface area contributed by atoms with E-state index in [1.54, 1.807) is 7.11 Å². The van der Waals surface area contributed by atoms with Crippen molar-refractivity contribution in [2.24, 2.45) is 5.92 Å². The van der Waals surface area contributed by atoms with Crippen LogP contribution in [0.4, 0.5) is 0 Å². The largest absolute Gasteiger partial charge is 0.385 e. The van der Waals surface area contributed by atoms with Gasteiger partial charge in [-0.1, -0.05) is 36.3 Å². The Morgan fingerprint density at radius 3 is 2.86 bits per heavy atom. The molecule has 3 aromatic rings. The van der Waals surface area contributed by atoms with Crippen molar-refractivity contribution in [3.05, 3.63) is 71.4 Å². The zero-order chi connectivity index (χ0) is 24.2. The van der Waals surface area contributed by atoms with E-state index in [9.17, 15) is 4.79 Å². The summed E-state index contributed by atoms with van der Waals surface area (Å²) in [6.07, 6.45) is 12.0. The molecule has 2 aromatic carbocycles. The molecule has 35 heavy (non-hydrogen) atoms. The van der Waals surface area contributed by atoms with Gasteiger partial charge in [-0.05, 0) is 67.5 Å². The SMILES string of the molecule is C#Cc1cccc([C@H]2CCNCC2C(=O)N(Cc2cn(CCCOC)c3ccccc23)C2CC2)c1. The number of hydrogen-bond acceptors (Lipinski definition) is 3. The number of methoxy groups -OCH3 is 1. The molecule has 2 atom stereocenters. The topological polar surface area (TPSA) is 46.5 Å². The molecule has 1 amide bonds. The van der Waals surface area contributed by atoms with Gasteiger partial charge in [-0.3, -0.25) is 4.79 Å². The second-order valence-electron chi connectivity index (χ2n) is 9.88. The van der Waals surface area contributed by atoms with E-state index in [2.05, 4.69) is 63.3 Å². The molecule has 1 unspecified atom stereocenters. The number of amides is 1. The maximum atomic E-state index is 14.1. The lowest BCUT2D eigenvalue weighted by atomic mass is 9.80. The summed E-state index contributed by atoms with van der Waals surface area (Å²) < 4.78 is 7.58. The molecule has 2 fully saturated rings. The Labute approximate surface area is 208 Å². The highest BCUT2D eigenvalue weighted by Gasteiger charge is 2.40. The highest BCUT2D eigenvalue weighted by atomic mass is 16.5. The number of carbonyl (C=O) groups excluding carboxylic acids is 1. The zero-order valence-corrected chi connectivity index (χ0v) is 20.6. The highest BCUT2D eigenvalue weighted by Crippen LogP contribution is 2.37. The molecule has 1 N–H and O–H groups in total. The van der Waals surface area contributed by atoms with Crippen LogP contribution in [-0.4, -0.2) is 48.2 Å². The Hall–Kier alpha value is -3.07. The fraction of sp³-hybridized carbons (Fsp3) is 0.433. The molecule has 0 radical (unpaired) electrons. The number of para-hydroxylation sites is 1. The molecular weight excluding hydrogens is 434 g/mol. The minimum absolute atomic E-state index is 0.0765. The van der Waals surface area contributed by atoms with Gasteiger partial charge >= 0.3 is 0 Å². The van der Waals surface area contributed by atoms with E-state index >= 15 is 0 Å². The van der Waals surface area contributed by atoms with Crippen LogP contribution in [0.5, 0.6) is 0 Å². The predicted molar refractivity (Wildman–Crippen MR) is 140 cm³/mol. The second-order valence-corrected chi connectivity index (χ2v) is 9.88. The van der Waals surface area contributed by atoms with Crippen LogP contribution in [0.3, 0.4) is 0 Å². The van der Waals surface area contributed by atoms with E-state index in [1.165, 1.54) is 22.0 Å². The van der Waals surface area contributed by atoms with Gasteiger partial charge in [-0.15, -0.1) is 6.42 Å². The lowest BCUT2D eigenvalue weighted by Gasteiger charge is -2.35. The molecule has 1 aliphatic heterocycles. The Kier molecular flexibility index (Phi) is 7.22. The molecule has 0 spiro atoms. The number of aryl methyl sites for hydroxylation is 1. The number of fused-ring (bicyclic) bond motifs is 1. The van der Waals surface area contributed by atoms with E-state index in [-0.39, 0.29) is 17.7 Å². The summed E-state index contributed by atoms with van der Waals surface area (Å²) in [6.45, 7) is 3.95. The molecule has 0 bridgehead atoms. The van der Waals surface area contributed by atoms with Gasteiger partial charge in [0, 0.05) is 62.1 Å². The molecule has 5 heteroatoms. The first-order valence-electron chi connectivity index (χ1n) is 12.8. The molecule has 182 valence electrons. The van der Waals surface area contributed by atoms with Crippen molar-refractivity contribution >= 4 is 16.8 Å². The average molecular weight is 470 g/mol. The smallest absolute Gasteiger partial charge is 0.228 e. The van der Waals surface area contributed by atoms with Crippen molar-refractivity contribution < 1.29 is 9.53 Å². The van der Waals surface area contributed by atoms with Gasteiger partial charge in [0.05, 0.1) is 5.92 Å². The van der Waals surface area contributed by atoms with Crippen LogP contribution in [0.25, 0.3) is 10.9 Å². The number of rotatable bonds is 9. The van der Waals surface area contributed by atoms with E-state index in [4.69, 9.17) is 11.2 Å². The summed E-state index contributed by atoms with van der Waals surface area (Å²) in [5, 5.41) is 4.72. The number of hydrogen-bond donors (Lipinski definition) is 1. The lowest BCUT2D eigenvalue weighted by Crippen LogP contribution is -2.47. The number of nitrogens with zero attached hydrogens (tertiary/aromatic N) is 2. The van der Waals surface area contributed by atoms with Gasteiger partial charge in [0.2, 0.25) is 5.91 Å². The fourth-order valence-electron chi connectivity index (χ4n) is 5.56. The lowest BCUT2D eigenvalue weighted by molar-refractivity contribution is -0.138. The van der Waals surface area contributed by atoms with E-state index in [1.807, 2.05) is 12.1 Å². The van der Waals surface area contributed by atoms with Crippen LogP contribution in [-0.2, 0) is 22.6 Å². The molecule has 1 saturated carbocycles. The summed E-state index contributed by atoms with van der Waals surface area (Å²) in [5.41, 5.74) is 4.52. The monoisotopic (exact) mass is 469 g/mol. The fourth-order valence-corrected chi connectivity index (χ4v) is 5.56. The van der Waals surface area contributed by atoms with Crippen molar-refractivity contribution in [2.45, 2.75) is 50.7 Å². The van der Waals surface area contributed by atoms with Crippen LogP contribution in [0.15, 0.2) is 54.7 Å². The number of benzene rings is 2. The molecule has 5 nitrogen and oxygen atoms in total. The van der Waals surface area contributed by atoms with E-state index in [0.29, 0.717) is 19.1 Å². The van der Waals surface area contributed by atoms with Gasteiger partial charge in [-0.25, -0.2) is 0 Å². The number of terminal acetylenes is 1. The summed E-state index contributed by atoms with van der Waals surface area (Å²) in [5.74, 6) is 3.13. The summed E-state index contributed by atoms with van der Waals surface area (Å²) in [6, 6.07) is 17.1. The highest BCUT2D eigenvalue weighted by molar-refractivity contribution is 5.85. The van der Waals surface area contributed by atoms with Crippen LogP contribution in [0.1, 0.15) is 48.3 Å². The predicted octanol–water partition coefficient (Wildman–Crippen LogP) is 4.54. The van der Waals surface area contributed by atoms with Gasteiger partial charge in [-0.2, -0.15) is 0 Å². The number of nitrogens with one attached hydrogen (secondary N) is 1. The molecular formula is C30H35N3O2. The number of ether oxygens (including phenoxy) is 1. The minimum Gasteiger partial charge on any atom is -0.385 e. The van der Waals surface area contributed by atoms with Crippen LogP contribution < -0.4 is 5.32 Å². The first kappa shape index (κ1) is 23.7.